The van der Waals surface area contributed by atoms with Crippen molar-refractivity contribution in [3.63, 3.8) is 0 Å². The number of ether oxygens (including phenoxy) is 1. The maximum absolute atomic E-state index is 12.8. The summed E-state index contributed by atoms with van der Waals surface area (Å²) in [4.78, 5) is 34.2. The monoisotopic (exact) mass is 368 g/mol. The van der Waals surface area contributed by atoms with E-state index in [2.05, 4.69) is 4.98 Å². The fraction of sp³-hybridized carbons (Fsp3) is 0.350. The topological polar surface area (TPSA) is 66.0 Å². The highest BCUT2D eigenvalue weighted by Crippen LogP contribution is 2.23. The van der Waals surface area contributed by atoms with E-state index in [-0.39, 0.29) is 12.0 Å². The van der Waals surface area contributed by atoms with Crippen molar-refractivity contribution >= 4 is 23.4 Å². The molecule has 0 spiro atoms. The van der Waals surface area contributed by atoms with Crippen LogP contribution in [0.2, 0.25) is 0 Å². The summed E-state index contributed by atoms with van der Waals surface area (Å²) in [6, 6.07) is 13.6. The van der Waals surface area contributed by atoms with E-state index < -0.39 is 0 Å². The molecule has 3 rings (SSSR count). The van der Waals surface area contributed by atoms with E-state index in [1.54, 1.807) is 29.0 Å². The molecule has 0 atom stereocenters. The molecule has 1 aliphatic rings. The maximum atomic E-state index is 12.8. The van der Waals surface area contributed by atoms with E-state index in [0.29, 0.717) is 38.5 Å². The molecule has 1 aromatic carbocycles. The van der Waals surface area contributed by atoms with E-state index >= 15 is 0 Å². The second-order valence-corrected chi connectivity index (χ2v) is 6.27. The lowest BCUT2D eigenvalue weighted by Crippen LogP contribution is -2.50. The molecule has 2 amide bonds. The van der Waals surface area contributed by atoms with E-state index in [0.717, 1.165) is 11.4 Å². The zero-order valence-corrected chi connectivity index (χ0v) is 15.7. The largest absolute Gasteiger partial charge is 0.450 e. The smallest absolute Gasteiger partial charge is 0.409 e. The predicted octanol–water partition coefficient (Wildman–Crippen LogP) is 2.76. The van der Waals surface area contributed by atoms with Gasteiger partial charge in [0.15, 0.2) is 0 Å². The van der Waals surface area contributed by atoms with E-state index in [9.17, 15) is 9.59 Å². The number of carbonyl (C=O) groups excluding carboxylic acids is 2. The molecule has 2 aromatic rings. The quantitative estimate of drug-likeness (QED) is 0.830. The number of hydrogen-bond acceptors (Lipinski definition) is 5. The van der Waals surface area contributed by atoms with Crippen molar-refractivity contribution in [1.82, 2.24) is 14.8 Å². The second kappa shape index (κ2) is 8.53. The van der Waals surface area contributed by atoms with Crippen LogP contribution in [0.3, 0.4) is 0 Å². The van der Waals surface area contributed by atoms with Crippen molar-refractivity contribution in [2.45, 2.75) is 6.92 Å². The van der Waals surface area contributed by atoms with Gasteiger partial charge in [0.05, 0.1) is 6.61 Å². The highest BCUT2D eigenvalue weighted by molar-refractivity contribution is 5.93. The third kappa shape index (κ3) is 4.36. The number of carbonyl (C=O) groups is 2. The van der Waals surface area contributed by atoms with Gasteiger partial charge in [0, 0.05) is 50.8 Å². The van der Waals surface area contributed by atoms with Crippen LogP contribution in [0.5, 0.6) is 0 Å². The van der Waals surface area contributed by atoms with Gasteiger partial charge >= 0.3 is 6.09 Å². The Morgan fingerprint density at radius 2 is 1.70 bits per heavy atom. The summed E-state index contributed by atoms with van der Waals surface area (Å²) in [7, 11) is 1.96. The number of anilines is 2. The maximum Gasteiger partial charge on any atom is 0.409 e. The van der Waals surface area contributed by atoms with Crippen LogP contribution in [0.25, 0.3) is 0 Å². The van der Waals surface area contributed by atoms with Crippen LogP contribution in [-0.4, -0.2) is 66.6 Å². The van der Waals surface area contributed by atoms with Crippen LogP contribution in [-0.2, 0) is 4.74 Å². The Morgan fingerprint density at radius 1 is 1.04 bits per heavy atom. The summed E-state index contributed by atoms with van der Waals surface area (Å²) in [6.07, 6.45) is 1.32. The van der Waals surface area contributed by atoms with E-state index in [1.807, 2.05) is 48.3 Å². The fourth-order valence-electron chi connectivity index (χ4n) is 3.01. The Hall–Kier alpha value is -3.09. The minimum absolute atomic E-state index is 0.123. The molecule has 7 heteroatoms. The first-order valence-electron chi connectivity index (χ1n) is 9.06. The third-order valence-corrected chi connectivity index (χ3v) is 4.59. The molecule has 0 aliphatic carbocycles. The molecule has 0 N–H and O–H groups in total. The SMILES string of the molecule is CCOC(=O)N1CCN(C(=O)c2cc(N(C)c3ccccc3)ccn2)CC1. The Balaban J connectivity index is 1.67. The van der Waals surface area contributed by atoms with Gasteiger partial charge in [0.2, 0.25) is 0 Å². The molecule has 142 valence electrons. The summed E-state index contributed by atoms with van der Waals surface area (Å²) < 4.78 is 5.01. The number of pyridine rings is 1. The van der Waals surface area contributed by atoms with Crippen LogP contribution in [0.4, 0.5) is 16.2 Å². The molecular formula is C20H24N4O3. The van der Waals surface area contributed by atoms with Crippen molar-refractivity contribution in [2.75, 3.05) is 44.7 Å². The number of hydrogen-bond donors (Lipinski definition) is 0. The molecule has 2 heterocycles. The van der Waals surface area contributed by atoms with Crippen molar-refractivity contribution < 1.29 is 14.3 Å². The molecule has 1 fully saturated rings. The van der Waals surface area contributed by atoms with Crippen LogP contribution in [0.15, 0.2) is 48.7 Å². The lowest BCUT2D eigenvalue weighted by atomic mass is 10.2. The Morgan fingerprint density at radius 3 is 2.37 bits per heavy atom. The minimum Gasteiger partial charge on any atom is -0.450 e. The molecule has 1 aromatic heterocycles. The minimum atomic E-state index is -0.325. The first-order valence-corrected chi connectivity index (χ1v) is 9.06. The molecule has 0 radical (unpaired) electrons. The summed E-state index contributed by atoms with van der Waals surface area (Å²) in [5.41, 5.74) is 2.33. The summed E-state index contributed by atoms with van der Waals surface area (Å²) in [5, 5.41) is 0. The molecule has 0 saturated carbocycles. The van der Waals surface area contributed by atoms with Gasteiger partial charge in [-0.2, -0.15) is 0 Å². The first kappa shape index (κ1) is 18.7. The van der Waals surface area contributed by atoms with Gasteiger partial charge in [-0.15, -0.1) is 0 Å². The predicted molar refractivity (Wildman–Crippen MR) is 103 cm³/mol. The summed E-state index contributed by atoms with van der Waals surface area (Å²) >= 11 is 0. The zero-order chi connectivity index (χ0) is 19.2. The van der Waals surface area contributed by atoms with Gasteiger partial charge < -0.3 is 19.4 Å². The van der Waals surface area contributed by atoms with Gasteiger partial charge in [-0.3, -0.25) is 9.78 Å². The number of amides is 2. The van der Waals surface area contributed by atoms with Crippen LogP contribution in [0.1, 0.15) is 17.4 Å². The van der Waals surface area contributed by atoms with Crippen molar-refractivity contribution in [3.05, 3.63) is 54.4 Å². The van der Waals surface area contributed by atoms with Crippen molar-refractivity contribution in [3.8, 4) is 0 Å². The molecule has 7 nitrogen and oxygen atoms in total. The number of rotatable bonds is 4. The molecular weight excluding hydrogens is 344 g/mol. The van der Waals surface area contributed by atoms with Crippen LogP contribution in [0, 0.1) is 0 Å². The number of benzene rings is 1. The number of para-hydroxylation sites is 1. The van der Waals surface area contributed by atoms with E-state index in [1.165, 1.54) is 0 Å². The van der Waals surface area contributed by atoms with Crippen molar-refractivity contribution in [2.24, 2.45) is 0 Å². The summed E-state index contributed by atoms with van der Waals surface area (Å²) in [6.45, 7) is 4.00. The zero-order valence-electron chi connectivity index (χ0n) is 15.7. The van der Waals surface area contributed by atoms with Crippen molar-refractivity contribution in [1.29, 1.82) is 0 Å². The van der Waals surface area contributed by atoms with Gasteiger partial charge in [-0.25, -0.2) is 4.79 Å². The van der Waals surface area contributed by atoms with Gasteiger partial charge in [0.1, 0.15) is 5.69 Å². The Labute approximate surface area is 159 Å². The van der Waals surface area contributed by atoms with Crippen LogP contribution >= 0.6 is 0 Å². The molecule has 0 unspecified atom stereocenters. The highest BCUT2D eigenvalue weighted by Gasteiger charge is 2.26. The molecule has 1 aliphatic heterocycles. The Kier molecular flexibility index (Phi) is 5.90. The first-order chi connectivity index (χ1) is 13.1. The summed E-state index contributed by atoms with van der Waals surface area (Å²) in [5.74, 6) is -0.123. The number of piperazine rings is 1. The lowest BCUT2D eigenvalue weighted by Gasteiger charge is -2.34. The van der Waals surface area contributed by atoms with Gasteiger partial charge in [-0.1, -0.05) is 18.2 Å². The second-order valence-electron chi connectivity index (χ2n) is 6.27. The highest BCUT2D eigenvalue weighted by atomic mass is 16.6. The number of aromatic nitrogens is 1. The van der Waals surface area contributed by atoms with Gasteiger partial charge in [-0.05, 0) is 31.2 Å². The normalized spacial score (nSPS) is 14.0. The fourth-order valence-corrected chi connectivity index (χ4v) is 3.01. The van der Waals surface area contributed by atoms with Crippen LogP contribution < -0.4 is 4.90 Å². The van der Waals surface area contributed by atoms with Gasteiger partial charge in [0.25, 0.3) is 5.91 Å². The Bertz CT molecular complexity index is 789. The lowest BCUT2D eigenvalue weighted by molar-refractivity contribution is 0.0566. The standard InChI is InChI=1S/C20H24N4O3/c1-3-27-20(26)24-13-11-23(12-14-24)19(25)18-15-17(9-10-21-18)22(2)16-7-5-4-6-8-16/h4-10,15H,3,11-14H2,1-2H3. The molecule has 0 bridgehead atoms. The van der Waals surface area contributed by atoms with E-state index in [4.69, 9.17) is 4.74 Å². The number of nitrogens with zero attached hydrogens (tertiary/aromatic N) is 4. The molecule has 27 heavy (non-hydrogen) atoms. The average molecular weight is 368 g/mol. The molecule has 1 saturated heterocycles. The average Bonchev–Trinajstić information content (AvgIpc) is 2.73. The third-order valence-electron chi connectivity index (χ3n) is 4.59.